The number of benzene rings is 2. The molecule has 2 heteroatoms. The number of hydrogen-bond acceptors (Lipinski definition) is 2. The maximum absolute atomic E-state index is 6.32. The van der Waals surface area contributed by atoms with E-state index in [9.17, 15) is 0 Å². The zero-order chi connectivity index (χ0) is 16.4. The second-order valence-corrected chi connectivity index (χ2v) is 7.24. The lowest BCUT2D eigenvalue weighted by Gasteiger charge is -2.23. The van der Waals surface area contributed by atoms with Gasteiger partial charge in [0.1, 0.15) is 0 Å². The molecule has 1 saturated heterocycles. The lowest BCUT2D eigenvalue weighted by molar-refractivity contribution is 0.119. The van der Waals surface area contributed by atoms with Gasteiger partial charge in [0.05, 0.1) is 0 Å². The summed E-state index contributed by atoms with van der Waals surface area (Å²) in [6.07, 6.45) is 11.8. The molecule has 2 aromatic carbocycles. The van der Waals surface area contributed by atoms with Crippen molar-refractivity contribution < 1.29 is 4.84 Å². The van der Waals surface area contributed by atoms with Gasteiger partial charge in [-0.3, -0.25) is 4.84 Å². The Kier molecular flexibility index (Phi) is 4.43. The van der Waals surface area contributed by atoms with E-state index < -0.39 is 0 Å². The van der Waals surface area contributed by atoms with Gasteiger partial charge in [0, 0.05) is 11.6 Å². The zero-order valence-electron chi connectivity index (χ0n) is 14.4. The summed E-state index contributed by atoms with van der Waals surface area (Å²) in [5.41, 5.74) is 1.12. The predicted molar refractivity (Wildman–Crippen MR) is 99.5 cm³/mol. The normalized spacial score (nSPS) is 27.2. The van der Waals surface area contributed by atoms with Gasteiger partial charge in [0.25, 0.3) is 0 Å². The van der Waals surface area contributed by atoms with E-state index in [1.54, 1.807) is 0 Å². The Hall–Kier alpha value is -1.64. The maximum Gasteiger partial charge on any atom is 0.190 e. The summed E-state index contributed by atoms with van der Waals surface area (Å²) < 4.78 is 0. The third kappa shape index (κ3) is 2.89. The summed E-state index contributed by atoms with van der Waals surface area (Å²) >= 11 is 0. The molecule has 1 unspecified atom stereocenters. The van der Waals surface area contributed by atoms with Crippen LogP contribution in [0.5, 0.6) is 0 Å². The molecule has 1 saturated carbocycles. The lowest BCUT2D eigenvalue weighted by Crippen LogP contribution is -2.28. The van der Waals surface area contributed by atoms with E-state index in [4.69, 9.17) is 4.84 Å². The quantitative estimate of drug-likeness (QED) is 0.372. The highest BCUT2D eigenvalue weighted by Crippen LogP contribution is 2.52. The van der Waals surface area contributed by atoms with Gasteiger partial charge in [0.2, 0.25) is 0 Å². The third-order valence-corrected chi connectivity index (χ3v) is 5.60. The van der Waals surface area contributed by atoms with Crippen LogP contribution in [-0.4, -0.2) is 11.1 Å². The van der Waals surface area contributed by atoms with Crippen molar-refractivity contribution in [2.75, 3.05) is 0 Å². The summed E-state index contributed by atoms with van der Waals surface area (Å²) in [6.45, 7) is 3.87. The molecule has 0 N–H and O–H groups in total. The maximum atomic E-state index is 6.32. The average Bonchev–Trinajstić information content (AvgIpc) is 3.38. The van der Waals surface area contributed by atoms with E-state index in [2.05, 4.69) is 54.1 Å². The number of hydroxylamine groups is 2. The highest BCUT2D eigenvalue weighted by molar-refractivity contribution is 5.83. The van der Waals surface area contributed by atoms with Crippen LogP contribution in [0.1, 0.15) is 56.9 Å². The van der Waals surface area contributed by atoms with Crippen molar-refractivity contribution in [1.29, 1.82) is 0 Å². The monoisotopic (exact) mass is 321 g/mol. The van der Waals surface area contributed by atoms with E-state index in [0.717, 1.165) is 19.3 Å². The molecule has 126 valence electrons. The second-order valence-electron chi connectivity index (χ2n) is 7.24. The van der Waals surface area contributed by atoms with E-state index in [-0.39, 0.29) is 5.72 Å². The Morgan fingerprint density at radius 2 is 1.88 bits per heavy atom. The van der Waals surface area contributed by atoms with Gasteiger partial charge in [-0.1, -0.05) is 61.7 Å². The molecule has 2 fully saturated rings. The largest absolute Gasteiger partial charge is 0.266 e. The van der Waals surface area contributed by atoms with Gasteiger partial charge >= 0.3 is 0 Å². The fourth-order valence-corrected chi connectivity index (χ4v) is 4.23. The highest BCUT2D eigenvalue weighted by atomic mass is 16.9. The molecule has 2 aliphatic rings. The minimum atomic E-state index is -0.199. The molecular formula is C22H27NO. The number of nitrogens with zero attached hydrogens (tertiary/aromatic N) is 1. The van der Waals surface area contributed by atoms with Crippen LogP contribution < -0.4 is 0 Å². The number of fused-ring (bicyclic) bond motifs is 1. The zero-order valence-corrected chi connectivity index (χ0v) is 14.4. The van der Waals surface area contributed by atoms with E-state index in [1.807, 2.05) is 6.08 Å². The van der Waals surface area contributed by atoms with Crippen LogP contribution in [0.2, 0.25) is 0 Å². The van der Waals surface area contributed by atoms with E-state index in [0.29, 0.717) is 6.04 Å². The second kappa shape index (κ2) is 6.70. The summed E-state index contributed by atoms with van der Waals surface area (Å²) in [7, 11) is 0. The molecule has 0 radical (unpaired) electrons. The van der Waals surface area contributed by atoms with Crippen LogP contribution in [0.4, 0.5) is 0 Å². The molecule has 0 bridgehead atoms. The van der Waals surface area contributed by atoms with E-state index >= 15 is 0 Å². The first-order chi connectivity index (χ1) is 11.8. The van der Waals surface area contributed by atoms with Crippen molar-refractivity contribution in [3.8, 4) is 0 Å². The Balaban J connectivity index is 1.63. The Morgan fingerprint density at radius 3 is 2.67 bits per heavy atom. The molecule has 1 heterocycles. The topological polar surface area (TPSA) is 15.5 Å². The molecule has 2 nitrogen and oxygen atoms in total. The summed E-state index contributed by atoms with van der Waals surface area (Å²) in [4.78, 5) is 6.32. The summed E-state index contributed by atoms with van der Waals surface area (Å²) in [5, 5.41) is 4.92. The van der Waals surface area contributed by atoms with Crippen LogP contribution in [-0.2, 0) is 10.6 Å². The molecule has 0 amide bonds. The summed E-state index contributed by atoms with van der Waals surface area (Å²) in [5.74, 6) is 0. The molecule has 0 spiro atoms. The first-order valence-corrected chi connectivity index (χ1v) is 9.42. The smallest absolute Gasteiger partial charge is 0.190 e. The minimum Gasteiger partial charge on any atom is -0.266 e. The predicted octanol–water partition coefficient (Wildman–Crippen LogP) is 5.93. The molecule has 4 rings (SSSR count). The Morgan fingerprint density at radius 1 is 1.08 bits per heavy atom. The molecule has 2 atom stereocenters. The molecule has 24 heavy (non-hydrogen) atoms. The van der Waals surface area contributed by atoms with E-state index in [1.165, 1.54) is 48.4 Å². The summed E-state index contributed by atoms with van der Waals surface area (Å²) in [6, 6.07) is 16.0. The molecular weight excluding hydrogens is 294 g/mol. The van der Waals surface area contributed by atoms with Gasteiger partial charge in [-0.05, 0) is 48.9 Å². The Bertz CT molecular complexity index is 719. The van der Waals surface area contributed by atoms with Crippen molar-refractivity contribution >= 4 is 10.8 Å². The van der Waals surface area contributed by atoms with Gasteiger partial charge in [-0.2, -0.15) is 0 Å². The van der Waals surface area contributed by atoms with Crippen molar-refractivity contribution in [2.45, 2.75) is 63.1 Å². The first-order valence-electron chi connectivity index (χ1n) is 9.42. The van der Waals surface area contributed by atoms with Crippen molar-refractivity contribution in [2.24, 2.45) is 0 Å². The van der Waals surface area contributed by atoms with Crippen molar-refractivity contribution in [3.63, 3.8) is 0 Å². The fraction of sp³-hybridized carbons (Fsp3) is 0.455. The highest BCUT2D eigenvalue weighted by Gasteiger charge is 2.58. The molecule has 1 aliphatic heterocycles. The van der Waals surface area contributed by atoms with Gasteiger partial charge in [0.15, 0.2) is 5.72 Å². The lowest BCUT2D eigenvalue weighted by atomic mass is 9.91. The Labute approximate surface area is 145 Å². The molecule has 0 aromatic heterocycles. The average molecular weight is 321 g/mol. The van der Waals surface area contributed by atoms with Crippen LogP contribution in [0.3, 0.4) is 0 Å². The number of unbranched alkanes of at least 4 members (excludes halogenated alkanes) is 1. The number of allylic oxidation sites excluding steroid dienone is 1. The van der Waals surface area contributed by atoms with Gasteiger partial charge in [-0.25, -0.2) is 0 Å². The molecule has 1 aliphatic carbocycles. The number of rotatable bonds is 6. The van der Waals surface area contributed by atoms with Crippen molar-refractivity contribution in [3.05, 3.63) is 60.7 Å². The van der Waals surface area contributed by atoms with Crippen LogP contribution in [0.25, 0.3) is 10.8 Å². The SMILES string of the molecule is C=CCCC[C@@]1(c2ccc3ccccc3c2)ON1C1CCCCC1. The van der Waals surface area contributed by atoms with Crippen LogP contribution in [0.15, 0.2) is 55.1 Å². The standard InChI is InChI=1S/C22H27NO/c1-2-3-9-16-22(23(24-22)21-12-5-4-6-13-21)20-15-14-18-10-7-8-11-19(18)17-20/h2,7-8,10-11,14-15,17,21H,1,3-6,9,12-13,16H2/t22-,23?/m0/s1. The third-order valence-electron chi connectivity index (χ3n) is 5.60. The number of hydrogen-bond donors (Lipinski definition) is 0. The van der Waals surface area contributed by atoms with Crippen LogP contribution in [0, 0.1) is 0 Å². The molecule has 2 aromatic rings. The van der Waals surface area contributed by atoms with Gasteiger partial charge in [-0.15, -0.1) is 11.6 Å². The van der Waals surface area contributed by atoms with Crippen LogP contribution >= 0.6 is 0 Å². The fourth-order valence-electron chi connectivity index (χ4n) is 4.23. The first kappa shape index (κ1) is 15.9. The minimum absolute atomic E-state index is 0.199. The van der Waals surface area contributed by atoms with Crippen molar-refractivity contribution in [1.82, 2.24) is 5.06 Å². The van der Waals surface area contributed by atoms with Gasteiger partial charge < -0.3 is 0 Å².